The van der Waals surface area contributed by atoms with Crippen molar-refractivity contribution in [2.45, 2.75) is 53.4 Å². The SMILES string of the molecule is CCc1cc[c-](CC)c1.CCc1cc[c-](CC)c1.[Zr+2]. The molecule has 0 unspecified atom stereocenters. The molecule has 0 fully saturated rings. The summed E-state index contributed by atoms with van der Waals surface area (Å²) in [5, 5.41) is 0. The van der Waals surface area contributed by atoms with Crippen LogP contribution in [-0.4, -0.2) is 0 Å². The standard InChI is InChI=1S/2C9H13.Zr/c2*1-3-8-5-6-9(4-2)7-8;/h2*5-7H,3-4H2,1-2H3;/q2*-1;+2. The van der Waals surface area contributed by atoms with Gasteiger partial charge in [0.1, 0.15) is 0 Å². The van der Waals surface area contributed by atoms with Crippen LogP contribution in [0.5, 0.6) is 0 Å². The molecule has 0 N–H and O–H groups in total. The Morgan fingerprint density at radius 1 is 0.737 bits per heavy atom. The first-order valence-electron chi connectivity index (χ1n) is 7.22. The molecule has 2 aromatic carbocycles. The summed E-state index contributed by atoms with van der Waals surface area (Å²) in [5.41, 5.74) is 5.86. The van der Waals surface area contributed by atoms with Crippen molar-refractivity contribution in [3.05, 3.63) is 58.7 Å². The van der Waals surface area contributed by atoms with Crippen molar-refractivity contribution < 1.29 is 26.2 Å². The van der Waals surface area contributed by atoms with Gasteiger partial charge in [0.25, 0.3) is 0 Å². The minimum absolute atomic E-state index is 0. The zero-order valence-electron chi connectivity index (χ0n) is 12.8. The molecule has 2 rings (SSSR count). The second-order valence-corrected chi connectivity index (χ2v) is 4.67. The molecule has 0 spiro atoms. The van der Waals surface area contributed by atoms with Gasteiger partial charge in [-0.3, -0.25) is 0 Å². The Labute approximate surface area is 138 Å². The summed E-state index contributed by atoms with van der Waals surface area (Å²) < 4.78 is 0. The summed E-state index contributed by atoms with van der Waals surface area (Å²) >= 11 is 0. The van der Waals surface area contributed by atoms with Gasteiger partial charge < -0.3 is 0 Å². The molecule has 1 heteroatoms. The predicted molar refractivity (Wildman–Crippen MR) is 81.6 cm³/mol. The fourth-order valence-electron chi connectivity index (χ4n) is 1.98. The second kappa shape index (κ2) is 10.4. The van der Waals surface area contributed by atoms with Crippen LogP contribution in [0.2, 0.25) is 0 Å². The van der Waals surface area contributed by atoms with Gasteiger partial charge in [0.05, 0.1) is 0 Å². The average Bonchev–Trinajstić information content (AvgIpc) is 3.07. The van der Waals surface area contributed by atoms with Crippen LogP contribution < -0.4 is 0 Å². The number of rotatable bonds is 4. The van der Waals surface area contributed by atoms with Gasteiger partial charge in [-0.2, -0.15) is 46.5 Å². The summed E-state index contributed by atoms with van der Waals surface area (Å²) in [6, 6.07) is 13.4. The third-order valence-electron chi connectivity index (χ3n) is 3.40. The van der Waals surface area contributed by atoms with Gasteiger partial charge in [0.2, 0.25) is 0 Å². The van der Waals surface area contributed by atoms with E-state index in [2.05, 4.69) is 64.1 Å². The van der Waals surface area contributed by atoms with Gasteiger partial charge in [0.15, 0.2) is 0 Å². The Hall–Kier alpha value is -0.417. The Balaban J connectivity index is 0.000000324. The molecule has 0 saturated carbocycles. The first kappa shape index (κ1) is 18.6. The number of aryl methyl sites for hydroxylation is 4. The first-order chi connectivity index (χ1) is 8.73. The van der Waals surface area contributed by atoms with Gasteiger partial charge in [-0.05, 0) is 0 Å². The molecule has 0 amide bonds. The molecule has 0 aliphatic carbocycles. The van der Waals surface area contributed by atoms with E-state index in [0.29, 0.717) is 0 Å². The van der Waals surface area contributed by atoms with E-state index < -0.39 is 0 Å². The summed E-state index contributed by atoms with van der Waals surface area (Å²) in [6.45, 7) is 8.76. The van der Waals surface area contributed by atoms with E-state index in [4.69, 9.17) is 0 Å². The third-order valence-corrected chi connectivity index (χ3v) is 3.40. The third kappa shape index (κ3) is 6.52. The van der Waals surface area contributed by atoms with Gasteiger partial charge in [0, 0.05) is 0 Å². The first-order valence-corrected chi connectivity index (χ1v) is 7.22. The van der Waals surface area contributed by atoms with Crippen LogP contribution in [0.1, 0.15) is 49.9 Å². The molecule has 19 heavy (non-hydrogen) atoms. The van der Waals surface area contributed by atoms with Crippen LogP contribution in [0.4, 0.5) is 0 Å². The van der Waals surface area contributed by atoms with Crippen LogP contribution in [0, 0.1) is 0 Å². The molecule has 0 saturated heterocycles. The van der Waals surface area contributed by atoms with E-state index in [1.54, 1.807) is 0 Å². The number of hydrogen-bond acceptors (Lipinski definition) is 0. The van der Waals surface area contributed by atoms with Crippen molar-refractivity contribution in [3.8, 4) is 0 Å². The Morgan fingerprint density at radius 2 is 1.11 bits per heavy atom. The van der Waals surface area contributed by atoms with E-state index in [1.165, 1.54) is 47.9 Å². The molecule has 0 atom stereocenters. The second-order valence-electron chi connectivity index (χ2n) is 4.67. The maximum Gasteiger partial charge on any atom is 2.00 e. The van der Waals surface area contributed by atoms with Gasteiger partial charge in [-0.15, -0.1) is 0 Å². The monoisotopic (exact) mass is 332 g/mol. The van der Waals surface area contributed by atoms with E-state index in [9.17, 15) is 0 Å². The molecule has 0 nitrogen and oxygen atoms in total. The van der Waals surface area contributed by atoms with Crippen molar-refractivity contribution >= 4 is 0 Å². The van der Waals surface area contributed by atoms with Crippen LogP contribution in [-0.2, 0) is 51.9 Å². The van der Waals surface area contributed by atoms with E-state index >= 15 is 0 Å². The molecule has 0 bridgehead atoms. The fourth-order valence-corrected chi connectivity index (χ4v) is 1.98. The molecule has 2 aromatic rings. The maximum atomic E-state index is 2.28. The zero-order valence-corrected chi connectivity index (χ0v) is 15.3. The Bertz CT molecular complexity index is 355. The van der Waals surface area contributed by atoms with E-state index in [-0.39, 0.29) is 26.2 Å². The van der Waals surface area contributed by atoms with E-state index in [0.717, 1.165) is 0 Å². The summed E-state index contributed by atoms with van der Waals surface area (Å²) in [7, 11) is 0. The maximum absolute atomic E-state index is 2.28. The zero-order chi connectivity index (χ0) is 13.4. The molecular weight excluding hydrogens is 307 g/mol. The summed E-state index contributed by atoms with van der Waals surface area (Å²) in [6.07, 6.45) is 4.67. The minimum atomic E-state index is 0. The van der Waals surface area contributed by atoms with Gasteiger partial charge in [-0.1, -0.05) is 53.4 Å². The molecule has 0 radical (unpaired) electrons. The van der Waals surface area contributed by atoms with Crippen molar-refractivity contribution in [1.29, 1.82) is 0 Å². The van der Waals surface area contributed by atoms with Crippen molar-refractivity contribution in [1.82, 2.24) is 0 Å². The van der Waals surface area contributed by atoms with Crippen molar-refractivity contribution in [2.24, 2.45) is 0 Å². The van der Waals surface area contributed by atoms with Crippen LogP contribution in [0.15, 0.2) is 36.4 Å². The largest absolute Gasteiger partial charge is 2.00 e. The molecule has 0 aliphatic heterocycles. The van der Waals surface area contributed by atoms with Gasteiger partial charge in [-0.25, -0.2) is 12.1 Å². The summed E-state index contributed by atoms with van der Waals surface area (Å²) in [4.78, 5) is 0. The van der Waals surface area contributed by atoms with Crippen molar-refractivity contribution in [2.75, 3.05) is 0 Å². The Morgan fingerprint density at radius 3 is 1.26 bits per heavy atom. The smallest absolute Gasteiger partial charge is 0.210 e. The molecule has 0 aliphatic rings. The van der Waals surface area contributed by atoms with Crippen LogP contribution in [0.3, 0.4) is 0 Å². The van der Waals surface area contributed by atoms with E-state index in [1.807, 2.05) is 0 Å². The molecular formula is C18H26Zr. The topological polar surface area (TPSA) is 0 Å². The van der Waals surface area contributed by atoms with Crippen LogP contribution >= 0.6 is 0 Å². The van der Waals surface area contributed by atoms with Gasteiger partial charge >= 0.3 is 26.2 Å². The normalized spacial score (nSPS) is 9.47. The Kier molecular flexibility index (Phi) is 10.2. The predicted octanol–water partition coefficient (Wildman–Crippen LogP) is 5.06. The molecule has 0 heterocycles. The minimum Gasteiger partial charge on any atom is -0.210 e. The molecule has 0 aromatic heterocycles. The quantitative estimate of drug-likeness (QED) is 0.686. The van der Waals surface area contributed by atoms with Crippen molar-refractivity contribution in [3.63, 3.8) is 0 Å². The van der Waals surface area contributed by atoms with Crippen LogP contribution in [0.25, 0.3) is 0 Å². The fraction of sp³-hybridized carbons (Fsp3) is 0.444. The number of hydrogen-bond donors (Lipinski definition) is 0. The molecule has 102 valence electrons. The average molecular weight is 334 g/mol. The summed E-state index contributed by atoms with van der Waals surface area (Å²) in [5.74, 6) is 0.